The number of rotatable bonds is 7. The van der Waals surface area contributed by atoms with Crippen molar-refractivity contribution >= 4 is 0 Å². The fourth-order valence-corrected chi connectivity index (χ4v) is 5.80. The van der Waals surface area contributed by atoms with Crippen molar-refractivity contribution in [1.82, 2.24) is 19.9 Å². The molecular weight excluding hydrogens is 585 g/mol. The summed E-state index contributed by atoms with van der Waals surface area (Å²) in [6, 6.07) is 62.1. The van der Waals surface area contributed by atoms with Gasteiger partial charge in [0.1, 0.15) is 0 Å². The first-order valence-corrected chi connectivity index (χ1v) is 16.0. The van der Waals surface area contributed by atoms with Crippen molar-refractivity contribution in [3.8, 4) is 78.9 Å². The third kappa shape index (κ3) is 6.15. The predicted octanol–water partition coefficient (Wildman–Crippen LogP) is 10.9. The standard InChI is InChI=1S/C44H30N4/c1-5-13-33(14-6-1)39-29-40(34-15-7-2-8-16-34)47-44(46-39)38-27-23-32(24-28-38)31-21-25-36(26-22-31)42-30-41(35-17-9-3-10-18-35)45-43(48-42)37-19-11-4-12-20-37/h1-30H. The maximum absolute atomic E-state index is 4.98. The maximum atomic E-state index is 4.98. The molecule has 4 nitrogen and oxygen atoms in total. The first-order chi connectivity index (χ1) is 23.8. The molecule has 0 aliphatic carbocycles. The van der Waals surface area contributed by atoms with E-state index >= 15 is 0 Å². The van der Waals surface area contributed by atoms with Gasteiger partial charge in [0.15, 0.2) is 11.6 Å². The Morgan fingerprint density at radius 1 is 0.208 bits per heavy atom. The molecule has 0 fully saturated rings. The van der Waals surface area contributed by atoms with E-state index in [4.69, 9.17) is 19.9 Å². The molecule has 0 radical (unpaired) electrons. The molecule has 226 valence electrons. The maximum Gasteiger partial charge on any atom is 0.160 e. The van der Waals surface area contributed by atoms with E-state index in [0.29, 0.717) is 11.6 Å². The first kappa shape index (κ1) is 28.9. The largest absolute Gasteiger partial charge is 0.228 e. The molecule has 0 bridgehead atoms. The van der Waals surface area contributed by atoms with Crippen LogP contribution in [-0.4, -0.2) is 19.9 Å². The van der Waals surface area contributed by atoms with Gasteiger partial charge in [-0.25, -0.2) is 19.9 Å². The highest BCUT2D eigenvalue weighted by atomic mass is 14.9. The summed E-state index contributed by atoms with van der Waals surface area (Å²) >= 11 is 0. The van der Waals surface area contributed by atoms with Crippen LogP contribution in [0.15, 0.2) is 182 Å². The number of benzene rings is 6. The average Bonchev–Trinajstić information content (AvgIpc) is 3.19. The summed E-state index contributed by atoms with van der Waals surface area (Å²) in [5, 5.41) is 0. The molecular formula is C44H30N4. The molecule has 0 atom stereocenters. The second-order valence-electron chi connectivity index (χ2n) is 11.5. The Morgan fingerprint density at radius 2 is 0.438 bits per heavy atom. The molecule has 2 aromatic heterocycles. The second kappa shape index (κ2) is 13.1. The molecule has 48 heavy (non-hydrogen) atoms. The van der Waals surface area contributed by atoms with Crippen LogP contribution in [-0.2, 0) is 0 Å². The van der Waals surface area contributed by atoms with Crippen molar-refractivity contribution in [2.75, 3.05) is 0 Å². The van der Waals surface area contributed by atoms with Crippen molar-refractivity contribution < 1.29 is 0 Å². The van der Waals surface area contributed by atoms with Gasteiger partial charge in [-0.1, -0.05) is 170 Å². The van der Waals surface area contributed by atoms with Gasteiger partial charge in [-0.2, -0.15) is 0 Å². The fraction of sp³-hybridized carbons (Fsp3) is 0. The third-order valence-electron chi connectivity index (χ3n) is 8.35. The van der Waals surface area contributed by atoms with Crippen LogP contribution in [0.5, 0.6) is 0 Å². The fourth-order valence-electron chi connectivity index (χ4n) is 5.80. The Balaban J connectivity index is 1.11. The number of hydrogen-bond acceptors (Lipinski definition) is 4. The van der Waals surface area contributed by atoms with E-state index in [9.17, 15) is 0 Å². The highest BCUT2D eigenvalue weighted by Crippen LogP contribution is 2.31. The van der Waals surface area contributed by atoms with Crippen LogP contribution in [0.2, 0.25) is 0 Å². The van der Waals surface area contributed by atoms with Gasteiger partial charge in [0.2, 0.25) is 0 Å². The van der Waals surface area contributed by atoms with Crippen LogP contribution in [0.25, 0.3) is 78.9 Å². The zero-order valence-electron chi connectivity index (χ0n) is 26.1. The lowest BCUT2D eigenvalue weighted by Crippen LogP contribution is -1.96. The summed E-state index contributed by atoms with van der Waals surface area (Å²) in [7, 11) is 0. The average molecular weight is 615 g/mol. The molecule has 0 unspecified atom stereocenters. The molecule has 4 heteroatoms. The number of nitrogens with zero attached hydrogens (tertiary/aromatic N) is 4. The lowest BCUT2D eigenvalue weighted by atomic mass is 10.0. The second-order valence-corrected chi connectivity index (χ2v) is 11.5. The number of hydrogen-bond donors (Lipinski definition) is 0. The summed E-state index contributed by atoms with van der Waals surface area (Å²) in [5.74, 6) is 1.41. The molecule has 0 aliphatic rings. The Hall–Kier alpha value is -6.52. The Kier molecular flexibility index (Phi) is 7.87. The van der Waals surface area contributed by atoms with E-state index < -0.39 is 0 Å². The molecule has 8 rings (SSSR count). The quantitative estimate of drug-likeness (QED) is 0.179. The third-order valence-corrected chi connectivity index (χ3v) is 8.35. The molecule has 8 aromatic rings. The Bertz CT molecular complexity index is 2000. The van der Waals surface area contributed by atoms with E-state index in [1.807, 2.05) is 84.9 Å². The van der Waals surface area contributed by atoms with E-state index in [0.717, 1.165) is 67.3 Å². The topological polar surface area (TPSA) is 51.6 Å². The monoisotopic (exact) mass is 614 g/mol. The molecule has 6 aromatic carbocycles. The van der Waals surface area contributed by atoms with Gasteiger partial charge >= 0.3 is 0 Å². The van der Waals surface area contributed by atoms with Gasteiger partial charge < -0.3 is 0 Å². The summed E-state index contributed by atoms with van der Waals surface area (Å²) < 4.78 is 0. The molecule has 2 heterocycles. The van der Waals surface area contributed by atoms with Crippen molar-refractivity contribution in [2.24, 2.45) is 0 Å². The summed E-state index contributed by atoms with van der Waals surface area (Å²) in [6.07, 6.45) is 0. The Labute approximate surface area is 280 Å². The molecule has 0 aliphatic heterocycles. The lowest BCUT2D eigenvalue weighted by molar-refractivity contribution is 1.18. The van der Waals surface area contributed by atoms with Crippen LogP contribution in [0.4, 0.5) is 0 Å². The molecule has 0 amide bonds. The molecule has 0 saturated carbocycles. The normalized spacial score (nSPS) is 10.9. The highest BCUT2D eigenvalue weighted by Gasteiger charge is 2.13. The minimum Gasteiger partial charge on any atom is -0.228 e. The summed E-state index contributed by atoms with van der Waals surface area (Å²) in [6.45, 7) is 0. The lowest BCUT2D eigenvalue weighted by Gasteiger charge is -2.11. The molecule has 0 saturated heterocycles. The van der Waals surface area contributed by atoms with E-state index in [2.05, 4.69) is 97.1 Å². The van der Waals surface area contributed by atoms with Gasteiger partial charge in [-0.3, -0.25) is 0 Å². The van der Waals surface area contributed by atoms with Crippen molar-refractivity contribution in [3.05, 3.63) is 182 Å². The van der Waals surface area contributed by atoms with E-state index in [1.165, 1.54) is 0 Å². The van der Waals surface area contributed by atoms with Crippen LogP contribution < -0.4 is 0 Å². The van der Waals surface area contributed by atoms with Crippen LogP contribution in [0.3, 0.4) is 0 Å². The zero-order valence-corrected chi connectivity index (χ0v) is 26.1. The summed E-state index contributed by atoms with van der Waals surface area (Å²) in [4.78, 5) is 19.9. The first-order valence-electron chi connectivity index (χ1n) is 16.0. The van der Waals surface area contributed by atoms with E-state index in [-0.39, 0.29) is 0 Å². The van der Waals surface area contributed by atoms with Gasteiger partial charge in [-0.05, 0) is 23.3 Å². The minimum atomic E-state index is 0.698. The predicted molar refractivity (Wildman–Crippen MR) is 196 cm³/mol. The van der Waals surface area contributed by atoms with Crippen LogP contribution in [0, 0.1) is 0 Å². The smallest absolute Gasteiger partial charge is 0.160 e. The summed E-state index contributed by atoms with van der Waals surface area (Å²) in [5.41, 5.74) is 12.0. The van der Waals surface area contributed by atoms with Crippen LogP contribution in [0.1, 0.15) is 0 Å². The zero-order chi connectivity index (χ0) is 32.1. The van der Waals surface area contributed by atoms with Crippen molar-refractivity contribution in [2.45, 2.75) is 0 Å². The van der Waals surface area contributed by atoms with Crippen LogP contribution >= 0.6 is 0 Å². The van der Waals surface area contributed by atoms with Gasteiger partial charge in [-0.15, -0.1) is 0 Å². The Morgan fingerprint density at radius 3 is 0.771 bits per heavy atom. The van der Waals surface area contributed by atoms with Gasteiger partial charge in [0.25, 0.3) is 0 Å². The number of aromatic nitrogens is 4. The van der Waals surface area contributed by atoms with Crippen molar-refractivity contribution in [3.63, 3.8) is 0 Å². The SMILES string of the molecule is c1ccc(-c2cc(-c3ccc(-c4ccc(-c5nc(-c6ccccc6)cc(-c6ccccc6)n5)cc4)cc3)nc(-c3ccccc3)n2)cc1. The highest BCUT2D eigenvalue weighted by molar-refractivity contribution is 5.76. The van der Waals surface area contributed by atoms with Gasteiger partial charge in [0, 0.05) is 33.4 Å². The van der Waals surface area contributed by atoms with Gasteiger partial charge in [0.05, 0.1) is 22.8 Å². The minimum absolute atomic E-state index is 0.698. The molecule has 0 spiro atoms. The van der Waals surface area contributed by atoms with E-state index in [1.54, 1.807) is 0 Å². The molecule has 0 N–H and O–H groups in total. The van der Waals surface area contributed by atoms with Crippen molar-refractivity contribution in [1.29, 1.82) is 0 Å².